The summed E-state index contributed by atoms with van der Waals surface area (Å²) >= 11 is 0. The average molecular weight is 367 g/mol. The van der Waals surface area contributed by atoms with Gasteiger partial charge < -0.3 is 10.1 Å². The molecule has 9 heteroatoms. The molecule has 1 aliphatic heterocycles. The summed E-state index contributed by atoms with van der Waals surface area (Å²) in [7, 11) is 0. The quantitative estimate of drug-likeness (QED) is 0.821. The lowest BCUT2D eigenvalue weighted by Gasteiger charge is -2.15. The van der Waals surface area contributed by atoms with E-state index in [2.05, 4.69) is 15.2 Å². The van der Waals surface area contributed by atoms with E-state index in [1.807, 2.05) is 0 Å². The van der Waals surface area contributed by atoms with Gasteiger partial charge in [-0.1, -0.05) is 12.1 Å². The number of nitrogens with zero attached hydrogens (tertiary/aromatic N) is 2. The zero-order valence-corrected chi connectivity index (χ0v) is 13.2. The molecule has 0 spiro atoms. The maximum atomic E-state index is 13.0. The molecule has 1 aliphatic rings. The van der Waals surface area contributed by atoms with Gasteiger partial charge in [0.1, 0.15) is 11.6 Å². The van der Waals surface area contributed by atoms with Gasteiger partial charge in [0.15, 0.2) is 0 Å². The third-order valence-corrected chi connectivity index (χ3v) is 3.63. The number of carbonyl (C=O) groups is 1. The van der Waals surface area contributed by atoms with E-state index in [1.165, 1.54) is 29.3 Å². The second-order valence-corrected chi connectivity index (χ2v) is 5.51. The zero-order chi connectivity index (χ0) is 18.7. The fraction of sp³-hybridized carbons (Fsp3) is 0.176. The topological polar surface area (TPSA) is 53.9 Å². The molecule has 0 aliphatic carbocycles. The normalized spacial score (nSPS) is 16.6. The molecule has 0 bridgehead atoms. The first-order chi connectivity index (χ1) is 12.3. The number of alkyl halides is 3. The van der Waals surface area contributed by atoms with E-state index >= 15 is 0 Å². The molecule has 1 atom stereocenters. The first-order valence-corrected chi connectivity index (χ1v) is 7.54. The van der Waals surface area contributed by atoms with E-state index in [-0.39, 0.29) is 24.0 Å². The molecule has 0 fully saturated rings. The van der Waals surface area contributed by atoms with Crippen molar-refractivity contribution in [2.45, 2.75) is 12.3 Å². The summed E-state index contributed by atoms with van der Waals surface area (Å²) in [5, 5.41) is 7.73. The number of rotatable bonds is 3. The van der Waals surface area contributed by atoms with Crippen molar-refractivity contribution in [1.82, 2.24) is 5.01 Å². The number of ether oxygens (including phenoxy) is 1. The van der Waals surface area contributed by atoms with Crippen molar-refractivity contribution < 1.29 is 27.1 Å². The molecule has 1 heterocycles. The summed E-state index contributed by atoms with van der Waals surface area (Å²) in [6.07, 6.45) is -3.20. The molecule has 0 radical (unpaired) electrons. The van der Waals surface area contributed by atoms with E-state index < -0.39 is 12.4 Å². The van der Waals surface area contributed by atoms with Gasteiger partial charge in [0, 0.05) is 17.8 Å². The van der Waals surface area contributed by atoms with Crippen LogP contribution in [0, 0.1) is 5.82 Å². The van der Waals surface area contributed by atoms with Gasteiger partial charge in [-0.25, -0.2) is 14.2 Å². The molecule has 2 aromatic carbocycles. The molecule has 3 rings (SSSR count). The minimum absolute atomic E-state index is 0.163. The second-order valence-electron chi connectivity index (χ2n) is 5.51. The number of hydrogen-bond acceptors (Lipinski definition) is 3. The maximum Gasteiger partial charge on any atom is 0.573 e. The van der Waals surface area contributed by atoms with Crippen molar-refractivity contribution in [3.05, 3.63) is 59.9 Å². The predicted molar refractivity (Wildman–Crippen MR) is 86.5 cm³/mol. The first kappa shape index (κ1) is 17.7. The highest BCUT2D eigenvalue weighted by Gasteiger charge is 2.31. The average Bonchev–Trinajstić information content (AvgIpc) is 3.06. The lowest BCUT2D eigenvalue weighted by Crippen LogP contribution is -2.30. The first-order valence-electron chi connectivity index (χ1n) is 7.54. The summed E-state index contributed by atoms with van der Waals surface area (Å²) < 4.78 is 53.1. The number of benzene rings is 2. The Morgan fingerprint density at radius 1 is 1.12 bits per heavy atom. The van der Waals surface area contributed by atoms with Crippen LogP contribution in [0.25, 0.3) is 0 Å². The minimum Gasteiger partial charge on any atom is -0.406 e. The van der Waals surface area contributed by atoms with Gasteiger partial charge in [0.2, 0.25) is 0 Å². The van der Waals surface area contributed by atoms with Crippen LogP contribution < -0.4 is 10.1 Å². The van der Waals surface area contributed by atoms with Crippen LogP contribution in [0.1, 0.15) is 11.5 Å². The van der Waals surface area contributed by atoms with E-state index in [0.29, 0.717) is 5.69 Å². The smallest absolute Gasteiger partial charge is 0.406 e. The number of amides is 2. The van der Waals surface area contributed by atoms with Crippen molar-refractivity contribution in [3.8, 4) is 5.75 Å². The minimum atomic E-state index is -4.77. The highest BCUT2D eigenvalue weighted by Crippen LogP contribution is 2.25. The maximum absolute atomic E-state index is 13.0. The Kier molecular flexibility index (Phi) is 4.79. The van der Waals surface area contributed by atoms with Gasteiger partial charge in [0.25, 0.3) is 0 Å². The number of hydrogen-bond donors (Lipinski definition) is 1. The SMILES string of the molecule is O=C(Nc1ccc(OC(F)(F)F)cc1)N1CC(c2ccc(F)cc2)C=N1. The lowest BCUT2D eigenvalue weighted by atomic mass is 10.0. The molecule has 2 amide bonds. The number of nitrogens with one attached hydrogen (secondary N) is 1. The van der Waals surface area contributed by atoms with Crippen molar-refractivity contribution in [2.24, 2.45) is 5.10 Å². The Hall–Kier alpha value is -3.10. The Morgan fingerprint density at radius 2 is 1.77 bits per heavy atom. The molecular formula is C17H13F4N3O2. The van der Waals surface area contributed by atoms with Gasteiger partial charge in [-0.2, -0.15) is 5.10 Å². The third kappa shape index (κ3) is 4.50. The van der Waals surface area contributed by atoms with Crippen molar-refractivity contribution in [1.29, 1.82) is 0 Å². The highest BCUT2D eigenvalue weighted by atomic mass is 19.4. The molecule has 1 unspecified atom stereocenters. The van der Waals surface area contributed by atoms with Crippen LogP contribution in [0.5, 0.6) is 5.75 Å². The van der Waals surface area contributed by atoms with Gasteiger partial charge in [-0.05, 0) is 42.0 Å². The molecule has 5 nitrogen and oxygen atoms in total. The van der Waals surface area contributed by atoms with Gasteiger partial charge >= 0.3 is 12.4 Å². The van der Waals surface area contributed by atoms with E-state index in [1.54, 1.807) is 18.3 Å². The Labute approximate surface area is 145 Å². The number of urea groups is 1. The Bertz CT molecular complexity index is 804. The van der Waals surface area contributed by atoms with Gasteiger partial charge in [-0.3, -0.25) is 0 Å². The summed E-state index contributed by atoms with van der Waals surface area (Å²) in [6, 6.07) is 10.1. The standard InChI is InChI=1S/C17H13F4N3O2/c18-13-3-1-11(2-4-13)12-9-22-24(10-12)16(25)23-14-5-7-15(8-6-14)26-17(19,20)21/h1-9,12H,10H2,(H,23,25). The van der Waals surface area contributed by atoms with Crippen LogP contribution in [0.4, 0.5) is 28.0 Å². The largest absolute Gasteiger partial charge is 0.573 e. The molecule has 26 heavy (non-hydrogen) atoms. The molecule has 1 N–H and O–H groups in total. The summed E-state index contributed by atoms with van der Waals surface area (Å²) in [4.78, 5) is 12.2. The summed E-state index contributed by atoms with van der Waals surface area (Å²) in [5.41, 5.74) is 1.11. The van der Waals surface area contributed by atoms with Crippen LogP contribution in [-0.2, 0) is 0 Å². The van der Waals surface area contributed by atoms with E-state index in [4.69, 9.17) is 0 Å². The fourth-order valence-corrected chi connectivity index (χ4v) is 2.41. The lowest BCUT2D eigenvalue weighted by molar-refractivity contribution is -0.274. The zero-order valence-electron chi connectivity index (χ0n) is 13.2. The monoisotopic (exact) mass is 367 g/mol. The molecular weight excluding hydrogens is 354 g/mol. The fourth-order valence-electron chi connectivity index (χ4n) is 2.41. The molecule has 2 aromatic rings. The molecule has 0 aromatic heterocycles. The number of halogens is 4. The predicted octanol–water partition coefficient (Wildman–Crippen LogP) is 4.34. The van der Waals surface area contributed by atoms with Crippen LogP contribution in [-0.4, -0.2) is 30.2 Å². The number of carbonyl (C=O) groups excluding carboxylic acids is 1. The van der Waals surface area contributed by atoms with E-state index in [9.17, 15) is 22.4 Å². The van der Waals surface area contributed by atoms with Crippen LogP contribution >= 0.6 is 0 Å². The molecule has 0 saturated heterocycles. The summed E-state index contributed by atoms with van der Waals surface area (Å²) in [5.74, 6) is -0.897. The van der Waals surface area contributed by atoms with Crippen LogP contribution in [0.15, 0.2) is 53.6 Å². The Morgan fingerprint density at radius 3 is 2.38 bits per heavy atom. The van der Waals surface area contributed by atoms with Gasteiger partial charge in [0.05, 0.1) is 6.54 Å². The van der Waals surface area contributed by atoms with Gasteiger partial charge in [-0.15, -0.1) is 13.2 Å². The second kappa shape index (κ2) is 7.03. The molecule has 0 saturated carbocycles. The third-order valence-electron chi connectivity index (χ3n) is 3.63. The number of hydrazone groups is 1. The number of anilines is 1. The molecule has 136 valence electrons. The van der Waals surface area contributed by atoms with Crippen LogP contribution in [0.3, 0.4) is 0 Å². The van der Waals surface area contributed by atoms with E-state index in [0.717, 1.165) is 17.7 Å². The van der Waals surface area contributed by atoms with Crippen molar-refractivity contribution in [3.63, 3.8) is 0 Å². The summed E-state index contributed by atoms with van der Waals surface area (Å²) in [6.45, 7) is 0.271. The Balaban J connectivity index is 1.57. The highest BCUT2D eigenvalue weighted by molar-refractivity contribution is 5.91. The van der Waals surface area contributed by atoms with Crippen molar-refractivity contribution in [2.75, 3.05) is 11.9 Å². The van der Waals surface area contributed by atoms with Crippen molar-refractivity contribution >= 4 is 17.9 Å². The van der Waals surface area contributed by atoms with Crippen LogP contribution in [0.2, 0.25) is 0 Å².